The Balaban J connectivity index is 1.66. The molecule has 0 saturated carbocycles. The lowest BCUT2D eigenvalue weighted by atomic mass is 9.90. The standard InChI is InChI=1S/C21H20F4N2O2/c1-29-13-9-27(10-13)20(11-28)16-5-4-14-17(7-26-8-18(14)16)15-3-2-12(6-19(15)22)21(23,24)25/h2-3,6-8,11,13,16,20H,4-5,9-10H2,1H3. The Labute approximate surface area is 165 Å². The van der Waals surface area contributed by atoms with Crippen LogP contribution in [0, 0.1) is 5.82 Å². The number of hydrogen-bond donors (Lipinski definition) is 0. The lowest BCUT2D eigenvalue weighted by Gasteiger charge is -2.43. The molecule has 1 saturated heterocycles. The number of nitrogens with zero attached hydrogens (tertiary/aromatic N) is 2. The topological polar surface area (TPSA) is 42.4 Å². The van der Waals surface area contributed by atoms with Crippen LogP contribution in [-0.2, 0) is 22.1 Å². The van der Waals surface area contributed by atoms with E-state index < -0.39 is 17.6 Å². The van der Waals surface area contributed by atoms with Crippen molar-refractivity contribution < 1.29 is 27.1 Å². The zero-order valence-electron chi connectivity index (χ0n) is 15.7. The van der Waals surface area contributed by atoms with Crippen LogP contribution in [0.1, 0.15) is 29.0 Å². The van der Waals surface area contributed by atoms with Crippen molar-refractivity contribution in [3.05, 3.63) is 53.1 Å². The molecule has 1 aromatic heterocycles. The van der Waals surface area contributed by atoms with E-state index in [9.17, 15) is 22.4 Å². The van der Waals surface area contributed by atoms with Gasteiger partial charge in [-0.05, 0) is 36.1 Å². The molecule has 4 nitrogen and oxygen atoms in total. The summed E-state index contributed by atoms with van der Waals surface area (Å²) in [5.74, 6) is -1.01. The third-order valence-corrected chi connectivity index (χ3v) is 5.97. The summed E-state index contributed by atoms with van der Waals surface area (Å²) in [6.45, 7) is 1.35. The second-order valence-electron chi connectivity index (χ2n) is 7.53. The normalized spacial score (nSPS) is 20.9. The number of benzene rings is 1. The first-order valence-corrected chi connectivity index (χ1v) is 9.39. The molecule has 4 rings (SSSR count). The van der Waals surface area contributed by atoms with Gasteiger partial charge < -0.3 is 9.53 Å². The van der Waals surface area contributed by atoms with Crippen LogP contribution in [0.25, 0.3) is 11.1 Å². The van der Waals surface area contributed by atoms with E-state index in [2.05, 4.69) is 4.98 Å². The molecule has 2 unspecified atom stereocenters. The van der Waals surface area contributed by atoms with Crippen LogP contribution in [0.5, 0.6) is 0 Å². The Bertz CT molecular complexity index is 925. The average molecular weight is 408 g/mol. The molecular formula is C21H20F4N2O2. The Morgan fingerprint density at radius 3 is 2.62 bits per heavy atom. The molecule has 1 fully saturated rings. The number of pyridine rings is 1. The van der Waals surface area contributed by atoms with Crippen molar-refractivity contribution in [1.29, 1.82) is 0 Å². The highest BCUT2D eigenvalue weighted by Gasteiger charge is 2.40. The maximum atomic E-state index is 14.5. The first kappa shape index (κ1) is 20.0. The van der Waals surface area contributed by atoms with Crippen molar-refractivity contribution in [2.45, 2.75) is 37.1 Å². The Morgan fingerprint density at radius 1 is 1.24 bits per heavy atom. The number of alkyl halides is 3. The van der Waals surface area contributed by atoms with E-state index >= 15 is 0 Å². The van der Waals surface area contributed by atoms with Gasteiger partial charge in [-0.1, -0.05) is 6.07 Å². The number of likely N-dealkylation sites (tertiary alicyclic amines) is 1. The highest BCUT2D eigenvalue weighted by atomic mass is 19.4. The number of methoxy groups -OCH3 is 1. The van der Waals surface area contributed by atoms with Gasteiger partial charge in [-0.15, -0.1) is 0 Å². The van der Waals surface area contributed by atoms with Gasteiger partial charge in [0.05, 0.1) is 17.7 Å². The molecule has 0 amide bonds. The third kappa shape index (κ3) is 3.55. The monoisotopic (exact) mass is 408 g/mol. The van der Waals surface area contributed by atoms with E-state index in [1.165, 1.54) is 6.20 Å². The third-order valence-electron chi connectivity index (χ3n) is 5.97. The van der Waals surface area contributed by atoms with E-state index in [-0.39, 0.29) is 23.6 Å². The summed E-state index contributed by atoms with van der Waals surface area (Å²) in [6.07, 6.45) is 0.921. The van der Waals surface area contributed by atoms with Crippen LogP contribution in [0.4, 0.5) is 17.6 Å². The Kier molecular flexibility index (Phi) is 5.16. The van der Waals surface area contributed by atoms with Gasteiger partial charge in [-0.3, -0.25) is 9.88 Å². The number of aromatic nitrogens is 1. The molecular weight excluding hydrogens is 388 g/mol. The summed E-state index contributed by atoms with van der Waals surface area (Å²) in [7, 11) is 1.64. The number of halogens is 4. The second-order valence-corrected chi connectivity index (χ2v) is 7.53. The summed E-state index contributed by atoms with van der Waals surface area (Å²) in [4.78, 5) is 18.0. The van der Waals surface area contributed by atoms with Crippen LogP contribution in [0.3, 0.4) is 0 Å². The van der Waals surface area contributed by atoms with Crippen molar-refractivity contribution in [1.82, 2.24) is 9.88 Å². The molecule has 2 heterocycles. The van der Waals surface area contributed by atoms with Crippen molar-refractivity contribution in [2.75, 3.05) is 20.2 Å². The zero-order valence-corrected chi connectivity index (χ0v) is 15.7. The van der Waals surface area contributed by atoms with Gasteiger partial charge in [-0.25, -0.2) is 4.39 Å². The van der Waals surface area contributed by atoms with Gasteiger partial charge >= 0.3 is 6.18 Å². The molecule has 8 heteroatoms. The lowest BCUT2D eigenvalue weighted by molar-refractivity contribution is -0.137. The predicted octanol–water partition coefficient (Wildman–Crippen LogP) is 3.83. The largest absolute Gasteiger partial charge is 0.416 e. The summed E-state index contributed by atoms with van der Waals surface area (Å²) >= 11 is 0. The molecule has 0 radical (unpaired) electrons. The first-order chi connectivity index (χ1) is 13.8. The number of carbonyl (C=O) groups excluding carboxylic acids is 1. The number of fused-ring (bicyclic) bond motifs is 1. The fourth-order valence-electron chi connectivity index (χ4n) is 4.35. The second kappa shape index (κ2) is 7.50. The maximum Gasteiger partial charge on any atom is 0.416 e. The Hall–Kier alpha value is -2.32. The smallest absolute Gasteiger partial charge is 0.379 e. The zero-order chi connectivity index (χ0) is 20.8. The van der Waals surface area contributed by atoms with Crippen molar-refractivity contribution in [3.63, 3.8) is 0 Å². The predicted molar refractivity (Wildman–Crippen MR) is 97.9 cm³/mol. The van der Waals surface area contributed by atoms with Crippen LogP contribution in [0.15, 0.2) is 30.6 Å². The fourth-order valence-corrected chi connectivity index (χ4v) is 4.35. The molecule has 0 spiro atoms. The first-order valence-electron chi connectivity index (χ1n) is 9.39. The maximum absolute atomic E-state index is 14.5. The number of hydrogen-bond acceptors (Lipinski definition) is 4. The van der Waals surface area contributed by atoms with E-state index in [1.54, 1.807) is 13.3 Å². The van der Waals surface area contributed by atoms with Gasteiger partial charge in [-0.2, -0.15) is 13.2 Å². The summed E-state index contributed by atoms with van der Waals surface area (Å²) in [6, 6.07) is 2.22. The molecule has 0 N–H and O–H groups in total. The fraction of sp³-hybridized carbons (Fsp3) is 0.429. The van der Waals surface area contributed by atoms with E-state index in [0.717, 1.165) is 29.5 Å². The minimum atomic E-state index is -4.60. The molecule has 2 aromatic rings. The van der Waals surface area contributed by atoms with Crippen LogP contribution < -0.4 is 0 Å². The quantitative estimate of drug-likeness (QED) is 0.557. The highest BCUT2D eigenvalue weighted by Crippen LogP contribution is 2.42. The molecule has 1 aliphatic carbocycles. The van der Waals surface area contributed by atoms with Gasteiger partial charge in [0.2, 0.25) is 0 Å². The summed E-state index contributed by atoms with van der Waals surface area (Å²) in [5.41, 5.74) is 1.26. The molecule has 1 aliphatic heterocycles. The molecule has 2 aliphatic rings. The van der Waals surface area contributed by atoms with Gasteiger partial charge in [0.15, 0.2) is 0 Å². The van der Waals surface area contributed by atoms with Crippen molar-refractivity contribution >= 4 is 6.29 Å². The number of carbonyl (C=O) groups is 1. The van der Waals surface area contributed by atoms with Gasteiger partial charge in [0.25, 0.3) is 0 Å². The van der Waals surface area contributed by atoms with Gasteiger partial charge in [0.1, 0.15) is 12.1 Å². The van der Waals surface area contributed by atoms with Crippen molar-refractivity contribution in [3.8, 4) is 11.1 Å². The summed E-state index contributed by atoms with van der Waals surface area (Å²) < 4.78 is 58.3. The molecule has 2 atom stereocenters. The van der Waals surface area contributed by atoms with E-state index in [4.69, 9.17) is 4.74 Å². The van der Waals surface area contributed by atoms with Crippen LogP contribution in [0.2, 0.25) is 0 Å². The Morgan fingerprint density at radius 2 is 2.00 bits per heavy atom. The minimum Gasteiger partial charge on any atom is -0.379 e. The van der Waals surface area contributed by atoms with E-state index in [1.807, 2.05) is 4.90 Å². The minimum absolute atomic E-state index is 0.0785. The molecule has 29 heavy (non-hydrogen) atoms. The average Bonchev–Trinajstić information content (AvgIpc) is 3.07. The molecule has 0 bridgehead atoms. The molecule has 1 aromatic carbocycles. The SMILES string of the molecule is COC1CN(C(C=O)C2CCc3c(-c4ccc(C(F)(F)F)cc4F)cncc32)C1. The van der Waals surface area contributed by atoms with Crippen molar-refractivity contribution in [2.24, 2.45) is 0 Å². The lowest BCUT2D eigenvalue weighted by Crippen LogP contribution is -2.58. The highest BCUT2D eigenvalue weighted by molar-refractivity contribution is 5.71. The number of aldehydes is 1. The van der Waals surface area contributed by atoms with Gasteiger partial charge in [0, 0.05) is 49.6 Å². The van der Waals surface area contributed by atoms with E-state index in [0.29, 0.717) is 37.6 Å². The van der Waals surface area contributed by atoms with Crippen LogP contribution >= 0.6 is 0 Å². The van der Waals surface area contributed by atoms with Crippen LogP contribution in [-0.4, -0.2) is 48.5 Å². The molecule has 154 valence electrons. The summed E-state index contributed by atoms with van der Waals surface area (Å²) in [5, 5.41) is 0. The number of rotatable bonds is 5. The number of ether oxygens (including phenoxy) is 1.